The number of nitrogens with zero attached hydrogens (tertiary/aromatic N) is 1. The van der Waals surface area contributed by atoms with Crippen LogP contribution in [-0.2, 0) is 19.1 Å². The Morgan fingerprint density at radius 2 is 2.31 bits per heavy atom. The fourth-order valence-corrected chi connectivity index (χ4v) is 1.62. The molecule has 0 aromatic heterocycles. The number of rotatable bonds is 6. The van der Waals surface area contributed by atoms with Gasteiger partial charge in [-0.2, -0.15) is 0 Å². The Balaban J connectivity index is 2.51. The van der Waals surface area contributed by atoms with Crippen LogP contribution in [-0.4, -0.2) is 61.9 Å². The van der Waals surface area contributed by atoms with E-state index < -0.39 is 5.97 Å². The molecule has 1 saturated heterocycles. The lowest BCUT2D eigenvalue weighted by atomic mass is 10.1. The largest absolute Gasteiger partial charge is 0.480 e. The van der Waals surface area contributed by atoms with Crippen LogP contribution in [0.4, 0.5) is 0 Å². The van der Waals surface area contributed by atoms with Crippen LogP contribution in [0, 0.1) is 5.92 Å². The average molecular weight is 231 g/mol. The second-order valence-electron chi connectivity index (χ2n) is 3.71. The van der Waals surface area contributed by atoms with Crippen molar-refractivity contribution in [3.05, 3.63) is 0 Å². The van der Waals surface area contributed by atoms with E-state index in [0.29, 0.717) is 32.8 Å². The normalized spacial score (nSPS) is 19.7. The average Bonchev–Trinajstić information content (AvgIpc) is 2.76. The van der Waals surface area contributed by atoms with E-state index in [9.17, 15) is 9.59 Å². The third-order valence-electron chi connectivity index (χ3n) is 2.48. The first-order valence-corrected chi connectivity index (χ1v) is 5.22. The molecule has 0 saturated carbocycles. The van der Waals surface area contributed by atoms with E-state index in [0.717, 1.165) is 0 Å². The molecule has 16 heavy (non-hydrogen) atoms. The lowest BCUT2D eigenvalue weighted by Crippen LogP contribution is -2.41. The molecule has 6 heteroatoms. The van der Waals surface area contributed by atoms with Gasteiger partial charge in [0.2, 0.25) is 5.91 Å². The first kappa shape index (κ1) is 12.9. The molecule has 0 aromatic rings. The van der Waals surface area contributed by atoms with Crippen molar-refractivity contribution < 1.29 is 24.2 Å². The summed E-state index contributed by atoms with van der Waals surface area (Å²) in [6, 6.07) is 0. The zero-order valence-corrected chi connectivity index (χ0v) is 9.35. The fraction of sp³-hybridized carbons (Fsp3) is 0.800. The zero-order chi connectivity index (χ0) is 12.0. The molecule has 1 fully saturated rings. The Morgan fingerprint density at radius 3 is 2.81 bits per heavy atom. The number of hydrogen-bond donors (Lipinski definition) is 1. The van der Waals surface area contributed by atoms with Gasteiger partial charge < -0.3 is 19.5 Å². The standard InChI is InChI=1S/C10H17NO5/c1-15-5-3-11(6-9(12)13)10(14)8-2-4-16-7-8/h8H,2-7H2,1H3,(H,12,13). The van der Waals surface area contributed by atoms with Gasteiger partial charge in [0.15, 0.2) is 0 Å². The molecule has 1 unspecified atom stereocenters. The topological polar surface area (TPSA) is 76.1 Å². The van der Waals surface area contributed by atoms with Gasteiger partial charge in [0, 0.05) is 20.3 Å². The third kappa shape index (κ3) is 3.79. The molecular formula is C10H17NO5. The summed E-state index contributed by atoms with van der Waals surface area (Å²) in [7, 11) is 1.52. The van der Waals surface area contributed by atoms with Crippen LogP contribution in [0.15, 0.2) is 0 Å². The summed E-state index contributed by atoms with van der Waals surface area (Å²) in [6.45, 7) is 1.33. The summed E-state index contributed by atoms with van der Waals surface area (Å²) in [5.74, 6) is -1.36. The number of hydrogen-bond acceptors (Lipinski definition) is 4. The number of aliphatic carboxylic acids is 1. The Hall–Kier alpha value is -1.14. The van der Waals surface area contributed by atoms with Gasteiger partial charge in [0.1, 0.15) is 6.54 Å². The smallest absolute Gasteiger partial charge is 0.323 e. The predicted molar refractivity (Wildman–Crippen MR) is 55.0 cm³/mol. The minimum Gasteiger partial charge on any atom is -0.480 e. The minimum absolute atomic E-state index is 0.156. The minimum atomic E-state index is -1.01. The van der Waals surface area contributed by atoms with E-state index in [4.69, 9.17) is 14.6 Å². The van der Waals surface area contributed by atoms with Crippen LogP contribution in [0.5, 0.6) is 0 Å². The number of carboxylic acid groups (broad SMARTS) is 1. The molecule has 0 aliphatic carbocycles. The van der Waals surface area contributed by atoms with Gasteiger partial charge in [-0.25, -0.2) is 0 Å². The van der Waals surface area contributed by atoms with E-state index in [1.807, 2.05) is 0 Å². The molecule has 92 valence electrons. The molecule has 0 spiro atoms. The van der Waals surface area contributed by atoms with Crippen molar-refractivity contribution in [2.45, 2.75) is 6.42 Å². The summed E-state index contributed by atoms with van der Waals surface area (Å²) in [4.78, 5) is 23.9. The van der Waals surface area contributed by atoms with Gasteiger partial charge in [-0.05, 0) is 6.42 Å². The van der Waals surface area contributed by atoms with Crippen LogP contribution in [0.25, 0.3) is 0 Å². The molecular weight excluding hydrogens is 214 g/mol. The van der Waals surface area contributed by atoms with Crippen molar-refractivity contribution in [3.63, 3.8) is 0 Å². The van der Waals surface area contributed by atoms with Gasteiger partial charge in [-0.15, -0.1) is 0 Å². The molecule has 1 aliphatic rings. The number of amides is 1. The Kier molecular flexibility index (Phi) is 5.21. The molecule has 1 rings (SSSR count). The summed E-state index contributed by atoms with van der Waals surface area (Å²) < 4.78 is 9.96. The fourth-order valence-electron chi connectivity index (χ4n) is 1.62. The summed E-state index contributed by atoms with van der Waals surface area (Å²) in [6.07, 6.45) is 0.669. The summed E-state index contributed by atoms with van der Waals surface area (Å²) >= 11 is 0. The maximum atomic E-state index is 11.9. The Labute approximate surface area is 94.1 Å². The SMILES string of the molecule is COCCN(CC(=O)O)C(=O)C1CCOC1. The number of carbonyl (C=O) groups excluding carboxylic acids is 1. The van der Waals surface area contributed by atoms with Gasteiger partial charge in [0.25, 0.3) is 0 Å². The van der Waals surface area contributed by atoms with Crippen molar-refractivity contribution in [1.82, 2.24) is 4.90 Å². The molecule has 1 atom stereocenters. The van der Waals surface area contributed by atoms with Gasteiger partial charge in [-0.1, -0.05) is 0 Å². The Morgan fingerprint density at radius 1 is 1.56 bits per heavy atom. The van der Waals surface area contributed by atoms with Gasteiger partial charge >= 0.3 is 5.97 Å². The second-order valence-corrected chi connectivity index (χ2v) is 3.71. The first-order chi connectivity index (χ1) is 7.65. The second kappa shape index (κ2) is 6.44. The number of carbonyl (C=O) groups is 2. The zero-order valence-electron chi connectivity index (χ0n) is 9.35. The monoisotopic (exact) mass is 231 g/mol. The van der Waals surface area contributed by atoms with Crippen molar-refractivity contribution in [2.24, 2.45) is 5.92 Å². The lowest BCUT2D eigenvalue weighted by molar-refractivity contribution is -0.146. The molecule has 1 heterocycles. The van der Waals surface area contributed by atoms with Crippen molar-refractivity contribution in [1.29, 1.82) is 0 Å². The number of methoxy groups -OCH3 is 1. The quantitative estimate of drug-likeness (QED) is 0.672. The molecule has 0 radical (unpaired) electrons. The van der Waals surface area contributed by atoms with E-state index in [1.54, 1.807) is 0 Å². The highest BCUT2D eigenvalue weighted by Gasteiger charge is 2.28. The molecule has 0 bridgehead atoms. The Bertz CT molecular complexity index is 250. The highest BCUT2D eigenvalue weighted by molar-refractivity contribution is 5.83. The van der Waals surface area contributed by atoms with Crippen molar-refractivity contribution >= 4 is 11.9 Å². The van der Waals surface area contributed by atoms with E-state index in [2.05, 4.69) is 0 Å². The van der Waals surface area contributed by atoms with Crippen LogP contribution in [0.2, 0.25) is 0 Å². The van der Waals surface area contributed by atoms with E-state index in [-0.39, 0.29) is 18.4 Å². The third-order valence-corrected chi connectivity index (χ3v) is 2.48. The van der Waals surface area contributed by atoms with Crippen LogP contribution in [0.3, 0.4) is 0 Å². The van der Waals surface area contributed by atoms with Gasteiger partial charge in [-0.3, -0.25) is 9.59 Å². The number of carboxylic acids is 1. The van der Waals surface area contributed by atoms with Crippen molar-refractivity contribution in [3.8, 4) is 0 Å². The number of ether oxygens (including phenoxy) is 2. The molecule has 6 nitrogen and oxygen atoms in total. The van der Waals surface area contributed by atoms with Crippen LogP contribution in [0.1, 0.15) is 6.42 Å². The maximum absolute atomic E-state index is 11.9. The first-order valence-electron chi connectivity index (χ1n) is 5.22. The highest BCUT2D eigenvalue weighted by atomic mass is 16.5. The van der Waals surface area contributed by atoms with Gasteiger partial charge in [0.05, 0.1) is 19.1 Å². The van der Waals surface area contributed by atoms with Crippen LogP contribution < -0.4 is 0 Å². The highest BCUT2D eigenvalue weighted by Crippen LogP contribution is 2.15. The van der Waals surface area contributed by atoms with Crippen molar-refractivity contribution in [2.75, 3.05) is 40.0 Å². The maximum Gasteiger partial charge on any atom is 0.323 e. The van der Waals surface area contributed by atoms with Crippen LogP contribution >= 0.6 is 0 Å². The van der Waals surface area contributed by atoms with E-state index >= 15 is 0 Å². The summed E-state index contributed by atoms with van der Waals surface area (Å²) in [5.41, 5.74) is 0. The molecule has 1 aliphatic heterocycles. The molecule has 1 N–H and O–H groups in total. The summed E-state index contributed by atoms with van der Waals surface area (Å²) in [5, 5.41) is 8.71. The molecule has 0 aromatic carbocycles. The lowest BCUT2D eigenvalue weighted by Gasteiger charge is -2.22. The van der Waals surface area contributed by atoms with E-state index in [1.165, 1.54) is 12.0 Å². The molecule has 1 amide bonds. The predicted octanol–water partition coefficient (Wildman–Crippen LogP) is -0.417.